The van der Waals surface area contributed by atoms with Crippen LogP contribution in [0.2, 0.25) is 0 Å². The highest BCUT2D eigenvalue weighted by atomic mass is 16.5. The number of rotatable bonds is 5. The smallest absolute Gasteiger partial charge is 0.256 e. The van der Waals surface area contributed by atoms with Crippen LogP contribution in [0.25, 0.3) is 0 Å². The number of anilines is 1. The summed E-state index contributed by atoms with van der Waals surface area (Å²) >= 11 is 0. The van der Waals surface area contributed by atoms with Crippen LogP contribution in [0.15, 0.2) is 18.3 Å². The predicted molar refractivity (Wildman–Crippen MR) is 64.7 cm³/mol. The molecule has 0 bridgehead atoms. The molecule has 0 saturated carbocycles. The maximum Gasteiger partial charge on any atom is 0.256 e. The minimum Gasteiger partial charge on any atom is -0.381 e. The average molecular weight is 238 g/mol. The summed E-state index contributed by atoms with van der Waals surface area (Å²) < 4.78 is 5.15. The van der Waals surface area contributed by atoms with Crippen LogP contribution in [0, 0.1) is 6.92 Å². The Bertz CT molecular complexity index is 363. The minimum atomic E-state index is -1.18. The molecule has 1 aromatic heterocycles. The first-order chi connectivity index (χ1) is 7.99. The molecule has 94 valence electrons. The van der Waals surface area contributed by atoms with Gasteiger partial charge in [-0.1, -0.05) is 6.07 Å². The van der Waals surface area contributed by atoms with Crippen molar-refractivity contribution in [1.82, 2.24) is 4.98 Å². The molecule has 0 aliphatic heterocycles. The number of aromatic nitrogens is 1. The molecular weight excluding hydrogens is 220 g/mol. The number of aliphatic hydroxyl groups is 1. The fraction of sp³-hybridized carbons (Fsp3) is 0.500. The Morgan fingerprint density at radius 2 is 2.24 bits per heavy atom. The van der Waals surface area contributed by atoms with E-state index in [4.69, 9.17) is 4.74 Å². The molecule has 0 unspecified atom stereocenters. The van der Waals surface area contributed by atoms with Crippen LogP contribution in [-0.4, -0.2) is 34.8 Å². The third-order valence-electron chi connectivity index (χ3n) is 2.05. The van der Waals surface area contributed by atoms with Gasteiger partial charge in [0.2, 0.25) is 0 Å². The van der Waals surface area contributed by atoms with Gasteiger partial charge in [-0.3, -0.25) is 4.79 Å². The summed E-state index contributed by atoms with van der Waals surface area (Å²) in [6, 6.07) is 3.52. The molecule has 1 aromatic rings. The van der Waals surface area contributed by atoms with E-state index in [1.807, 2.05) is 26.8 Å². The monoisotopic (exact) mass is 238 g/mol. The van der Waals surface area contributed by atoms with Gasteiger partial charge in [-0.15, -0.1) is 0 Å². The zero-order valence-electron chi connectivity index (χ0n) is 10.3. The molecule has 0 spiro atoms. The standard InChI is InChI=1S/C12H18N2O3/c1-8(2)17-7-10(15)12(16)14-11-5-4-9(3)6-13-11/h4-6,8,10,15H,7H2,1-3H3,(H,13,14,16)/t10-/m0/s1. The number of carbonyl (C=O) groups is 1. The lowest BCUT2D eigenvalue weighted by Crippen LogP contribution is -2.32. The first kappa shape index (κ1) is 13.6. The molecule has 5 heteroatoms. The van der Waals surface area contributed by atoms with Crippen LogP contribution in [0.1, 0.15) is 19.4 Å². The summed E-state index contributed by atoms with van der Waals surface area (Å²) in [5.41, 5.74) is 1.01. The van der Waals surface area contributed by atoms with Gasteiger partial charge in [-0.25, -0.2) is 4.98 Å². The Labute approximate surface area is 101 Å². The van der Waals surface area contributed by atoms with E-state index in [0.717, 1.165) is 5.56 Å². The number of amides is 1. The van der Waals surface area contributed by atoms with E-state index in [0.29, 0.717) is 5.82 Å². The summed E-state index contributed by atoms with van der Waals surface area (Å²) in [6.07, 6.45) is 0.447. The van der Waals surface area contributed by atoms with E-state index in [2.05, 4.69) is 10.3 Å². The normalized spacial score (nSPS) is 12.5. The molecule has 0 aliphatic rings. The molecule has 0 aliphatic carbocycles. The number of nitrogens with one attached hydrogen (secondary N) is 1. The molecule has 0 fully saturated rings. The molecule has 1 heterocycles. The van der Waals surface area contributed by atoms with E-state index in [1.165, 1.54) is 0 Å². The lowest BCUT2D eigenvalue weighted by atomic mass is 10.3. The fourth-order valence-electron chi connectivity index (χ4n) is 1.11. The van der Waals surface area contributed by atoms with Gasteiger partial charge in [0, 0.05) is 6.20 Å². The highest BCUT2D eigenvalue weighted by Gasteiger charge is 2.16. The van der Waals surface area contributed by atoms with Crippen molar-refractivity contribution >= 4 is 11.7 Å². The molecule has 1 rings (SSSR count). The van der Waals surface area contributed by atoms with Gasteiger partial charge >= 0.3 is 0 Å². The van der Waals surface area contributed by atoms with E-state index in [-0.39, 0.29) is 12.7 Å². The Balaban J connectivity index is 2.45. The molecule has 17 heavy (non-hydrogen) atoms. The lowest BCUT2D eigenvalue weighted by molar-refractivity contribution is -0.127. The summed E-state index contributed by atoms with van der Waals surface area (Å²) in [7, 11) is 0. The number of pyridine rings is 1. The number of aliphatic hydroxyl groups excluding tert-OH is 1. The van der Waals surface area contributed by atoms with Gasteiger partial charge in [-0.05, 0) is 32.4 Å². The van der Waals surface area contributed by atoms with Gasteiger partial charge in [0.25, 0.3) is 5.91 Å². The number of carbonyl (C=O) groups excluding carboxylic acids is 1. The van der Waals surface area contributed by atoms with Crippen LogP contribution in [0.5, 0.6) is 0 Å². The fourth-order valence-corrected chi connectivity index (χ4v) is 1.11. The first-order valence-corrected chi connectivity index (χ1v) is 5.52. The predicted octanol–water partition coefficient (Wildman–Crippen LogP) is 1.11. The topological polar surface area (TPSA) is 71.5 Å². The van der Waals surface area contributed by atoms with Gasteiger partial charge in [-0.2, -0.15) is 0 Å². The average Bonchev–Trinajstić information content (AvgIpc) is 2.28. The molecule has 0 radical (unpaired) electrons. The Morgan fingerprint density at radius 1 is 1.53 bits per heavy atom. The highest BCUT2D eigenvalue weighted by molar-refractivity contribution is 5.93. The van der Waals surface area contributed by atoms with Gasteiger partial charge in [0.15, 0.2) is 6.10 Å². The highest BCUT2D eigenvalue weighted by Crippen LogP contribution is 2.04. The van der Waals surface area contributed by atoms with Crippen LogP contribution >= 0.6 is 0 Å². The number of hydrogen-bond donors (Lipinski definition) is 2. The number of aryl methyl sites for hydroxylation is 1. The zero-order valence-corrected chi connectivity index (χ0v) is 10.3. The molecule has 0 aromatic carbocycles. The molecule has 1 amide bonds. The Morgan fingerprint density at radius 3 is 2.76 bits per heavy atom. The van der Waals surface area contributed by atoms with Crippen molar-refractivity contribution in [3.05, 3.63) is 23.9 Å². The molecule has 5 nitrogen and oxygen atoms in total. The van der Waals surface area contributed by atoms with E-state index in [1.54, 1.807) is 12.3 Å². The van der Waals surface area contributed by atoms with E-state index in [9.17, 15) is 9.90 Å². The molecule has 2 N–H and O–H groups in total. The van der Waals surface area contributed by atoms with Crippen molar-refractivity contribution < 1.29 is 14.6 Å². The molecule has 1 atom stereocenters. The Hall–Kier alpha value is -1.46. The van der Waals surface area contributed by atoms with Crippen molar-refractivity contribution in [3.63, 3.8) is 0 Å². The van der Waals surface area contributed by atoms with Gasteiger partial charge < -0.3 is 15.2 Å². The number of hydrogen-bond acceptors (Lipinski definition) is 4. The second-order valence-electron chi connectivity index (χ2n) is 4.11. The zero-order chi connectivity index (χ0) is 12.8. The van der Waals surface area contributed by atoms with E-state index >= 15 is 0 Å². The van der Waals surface area contributed by atoms with Crippen molar-refractivity contribution in [2.45, 2.75) is 33.0 Å². The number of ether oxygens (including phenoxy) is 1. The summed E-state index contributed by atoms with van der Waals surface area (Å²) in [6.45, 7) is 5.57. The van der Waals surface area contributed by atoms with Crippen LogP contribution in [0.4, 0.5) is 5.82 Å². The second-order valence-corrected chi connectivity index (χ2v) is 4.11. The summed E-state index contributed by atoms with van der Waals surface area (Å²) in [4.78, 5) is 15.5. The first-order valence-electron chi connectivity index (χ1n) is 5.52. The van der Waals surface area contributed by atoms with Crippen molar-refractivity contribution in [2.24, 2.45) is 0 Å². The summed E-state index contributed by atoms with van der Waals surface area (Å²) in [5.74, 6) is -0.0915. The van der Waals surface area contributed by atoms with Crippen molar-refractivity contribution in [1.29, 1.82) is 0 Å². The molecule has 0 saturated heterocycles. The van der Waals surface area contributed by atoms with E-state index < -0.39 is 12.0 Å². The van der Waals surface area contributed by atoms with Crippen LogP contribution in [0.3, 0.4) is 0 Å². The maximum absolute atomic E-state index is 11.5. The number of nitrogens with zero attached hydrogens (tertiary/aromatic N) is 1. The lowest BCUT2D eigenvalue weighted by Gasteiger charge is -2.13. The largest absolute Gasteiger partial charge is 0.381 e. The van der Waals surface area contributed by atoms with Gasteiger partial charge in [0.1, 0.15) is 5.82 Å². The third-order valence-corrected chi connectivity index (χ3v) is 2.05. The minimum absolute atomic E-state index is 0.0185. The maximum atomic E-state index is 11.5. The second kappa shape index (κ2) is 6.32. The summed E-state index contributed by atoms with van der Waals surface area (Å²) in [5, 5.41) is 12.0. The van der Waals surface area contributed by atoms with Crippen molar-refractivity contribution in [3.8, 4) is 0 Å². The Kier molecular flexibility index (Phi) is 5.06. The quantitative estimate of drug-likeness (QED) is 0.806. The van der Waals surface area contributed by atoms with Crippen LogP contribution in [-0.2, 0) is 9.53 Å². The van der Waals surface area contributed by atoms with Crippen molar-refractivity contribution in [2.75, 3.05) is 11.9 Å². The molecular formula is C12H18N2O3. The SMILES string of the molecule is Cc1ccc(NC(=O)[C@@H](O)COC(C)C)nc1. The van der Waals surface area contributed by atoms with Gasteiger partial charge in [0.05, 0.1) is 12.7 Å². The van der Waals surface area contributed by atoms with Crippen LogP contribution < -0.4 is 5.32 Å². The third kappa shape index (κ3) is 4.93.